The second kappa shape index (κ2) is 6.23. The van der Waals surface area contributed by atoms with Crippen molar-refractivity contribution in [3.05, 3.63) is 34.9 Å². The third kappa shape index (κ3) is 3.82. The average molecular weight is 261 g/mol. The summed E-state index contributed by atoms with van der Waals surface area (Å²) in [4.78, 5) is 12.3. The lowest BCUT2D eigenvalue weighted by Gasteiger charge is -2.27. The van der Waals surface area contributed by atoms with E-state index in [1.165, 1.54) is 11.1 Å². The van der Waals surface area contributed by atoms with E-state index in [0.29, 0.717) is 5.92 Å². The van der Waals surface area contributed by atoms with Gasteiger partial charge in [0.1, 0.15) is 0 Å². The number of hydrogen-bond donors (Lipinski definition) is 1. The molecule has 0 radical (unpaired) electrons. The Morgan fingerprint density at radius 1 is 1.26 bits per heavy atom. The summed E-state index contributed by atoms with van der Waals surface area (Å²) in [6, 6.07) is 6.07. The zero-order valence-corrected chi connectivity index (χ0v) is 13.1. The topological polar surface area (TPSA) is 29.1 Å². The molecule has 1 N–H and O–H groups in total. The van der Waals surface area contributed by atoms with Crippen LogP contribution in [0.5, 0.6) is 0 Å². The molecule has 0 aromatic heterocycles. The molecule has 0 bridgehead atoms. The summed E-state index contributed by atoms with van der Waals surface area (Å²) in [5, 5.41) is 2.99. The van der Waals surface area contributed by atoms with E-state index >= 15 is 0 Å². The molecule has 0 aliphatic carbocycles. The van der Waals surface area contributed by atoms with Gasteiger partial charge in [-0.1, -0.05) is 53.7 Å². The molecule has 1 aromatic rings. The third-order valence-electron chi connectivity index (χ3n) is 3.25. The molecule has 0 aliphatic heterocycles. The predicted molar refractivity (Wildman–Crippen MR) is 81.9 cm³/mol. The quantitative estimate of drug-likeness (QED) is 0.862. The normalized spacial score (nSPS) is 11.7. The number of carbonyl (C=O) groups is 1. The fraction of sp³-hybridized carbons (Fsp3) is 0.588. The fourth-order valence-corrected chi connectivity index (χ4v) is 2.41. The van der Waals surface area contributed by atoms with E-state index in [2.05, 4.69) is 52.9 Å². The van der Waals surface area contributed by atoms with E-state index in [1.54, 1.807) is 0 Å². The van der Waals surface area contributed by atoms with E-state index in [0.717, 1.165) is 18.5 Å². The van der Waals surface area contributed by atoms with Crippen LogP contribution >= 0.6 is 0 Å². The van der Waals surface area contributed by atoms with Crippen LogP contribution in [-0.2, 0) is 5.41 Å². The number of carbonyl (C=O) groups excluding carboxylic acids is 1. The number of amides is 1. The van der Waals surface area contributed by atoms with Crippen molar-refractivity contribution in [1.82, 2.24) is 5.32 Å². The molecule has 106 valence electrons. The molecule has 1 aromatic carbocycles. The lowest BCUT2D eigenvalue weighted by atomic mass is 9.77. The number of hydrogen-bond acceptors (Lipinski definition) is 1. The number of benzene rings is 1. The second-order valence-corrected chi connectivity index (χ2v) is 6.43. The standard InChI is InChI=1S/C17H27NO/c1-7-11-18-16(19)14-10-8-9-13(12(2)3)15(14)17(4,5)6/h8-10,12H,7,11H2,1-6H3,(H,18,19). The van der Waals surface area contributed by atoms with Crippen LogP contribution in [-0.4, -0.2) is 12.5 Å². The van der Waals surface area contributed by atoms with Gasteiger partial charge in [0.15, 0.2) is 0 Å². The highest BCUT2D eigenvalue weighted by atomic mass is 16.1. The maximum absolute atomic E-state index is 12.3. The minimum atomic E-state index is -0.0280. The van der Waals surface area contributed by atoms with Crippen molar-refractivity contribution in [2.75, 3.05) is 6.54 Å². The average Bonchev–Trinajstić information content (AvgIpc) is 2.33. The highest BCUT2D eigenvalue weighted by Gasteiger charge is 2.25. The summed E-state index contributed by atoms with van der Waals surface area (Å²) in [6.45, 7) is 13.7. The van der Waals surface area contributed by atoms with Gasteiger partial charge in [0.25, 0.3) is 5.91 Å². The summed E-state index contributed by atoms with van der Waals surface area (Å²) in [7, 11) is 0. The van der Waals surface area contributed by atoms with Crippen LogP contribution < -0.4 is 5.32 Å². The van der Waals surface area contributed by atoms with E-state index in [9.17, 15) is 4.79 Å². The highest BCUT2D eigenvalue weighted by Crippen LogP contribution is 2.33. The highest BCUT2D eigenvalue weighted by molar-refractivity contribution is 5.96. The van der Waals surface area contributed by atoms with Gasteiger partial charge in [-0.05, 0) is 34.9 Å². The van der Waals surface area contributed by atoms with Crippen LogP contribution in [0.3, 0.4) is 0 Å². The molecule has 0 unspecified atom stereocenters. The van der Waals surface area contributed by atoms with Crippen molar-refractivity contribution >= 4 is 5.91 Å². The Kier molecular flexibility index (Phi) is 5.16. The first-order valence-corrected chi connectivity index (χ1v) is 7.20. The Labute approximate surface area is 117 Å². The third-order valence-corrected chi connectivity index (χ3v) is 3.25. The zero-order valence-electron chi connectivity index (χ0n) is 13.1. The SMILES string of the molecule is CCCNC(=O)c1cccc(C(C)C)c1C(C)(C)C. The first-order valence-electron chi connectivity index (χ1n) is 7.20. The Hall–Kier alpha value is -1.31. The van der Waals surface area contributed by atoms with Gasteiger partial charge >= 0.3 is 0 Å². The number of rotatable bonds is 4. The Morgan fingerprint density at radius 2 is 1.89 bits per heavy atom. The van der Waals surface area contributed by atoms with Crippen molar-refractivity contribution < 1.29 is 4.79 Å². The minimum absolute atomic E-state index is 0.0280. The van der Waals surface area contributed by atoms with Crippen molar-refractivity contribution in [3.8, 4) is 0 Å². The molecule has 0 saturated carbocycles. The lowest BCUT2D eigenvalue weighted by molar-refractivity contribution is 0.0951. The van der Waals surface area contributed by atoms with Crippen LogP contribution in [0.2, 0.25) is 0 Å². The van der Waals surface area contributed by atoms with Crippen LogP contribution in [0.1, 0.15) is 75.4 Å². The van der Waals surface area contributed by atoms with Crippen LogP contribution in [0.25, 0.3) is 0 Å². The van der Waals surface area contributed by atoms with Crippen molar-refractivity contribution in [2.45, 2.75) is 59.3 Å². The first kappa shape index (κ1) is 15.7. The second-order valence-electron chi connectivity index (χ2n) is 6.43. The van der Waals surface area contributed by atoms with Gasteiger partial charge in [0.2, 0.25) is 0 Å². The van der Waals surface area contributed by atoms with Crippen LogP contribution in [0.15, 0.2) is 18.2 Å². The molecule has 0 fully saturated rings. The molecular weight excluding hydrogens is 234 g/mol. The molecule has 0 spiro atoms. The smallest absolute Gasteiger partial charge is 0.251 e. The summed E-state index contributed by atoms with van der Waals surface area (Å²) in [5.74, 6) is 0.474. The Bertz CT molecular complexity index is 441. The van der Waals surface area contributed by atoms with Gasteiger partial charge in [0.05, 0.1) is 0 Å². The minimum Gasteiger partial charge on any atom is -0.352 e. The molecule has 0 heterocycles. The largest absolute Gasteiger partial charge is 0.352 e. The fourth-order valence-electron chi connectivity index (χ4n) is 2.41. The number of nitrogens with one attached hydrogen (secondary N) is 1. The zero-order chi connectivity index (χ0) is 14.6. The van der Waals surface area contributed by atoms with Crippen LogP contribution in [0.4, 0.5) is 0 Å². The molecular formula is C17H27NO. The first-order chi connectivity index (χ1) is 8.79. The molecule has 0 saturated heterocycles. The lowest BCUT2D eigenvalue weighted by Crippen LogP contribution is -2.28. The molecule has 19 heavy (non-hydrogen) atoms. The summed E-state index contributed by atoms with van der Waals surface area (Å²) in [5.41, 5.74) is 3.25. The van der Waals surface area contributed by atoms with Gasteiger partial charge in [-0.2, -0.15) is 0 Å². The van der Waals surface area contributed by atoms with Crippen molar-refractivity contribution in [1.29, 1.82) is 0 Å². The maximum atomic E-state index is 12.3. The Morgan fingerprint density at radius 3 is 2.37 bits per heavy atom. The van der Waals surface area contributed by atoms with E-state index in [1.807, 2.05) is 12.1 Å². The van der Waals surface area contributed by atoms with E-state index < -0.39 is 0 Å². The van der Waals surface area contributed by atoms with Crippen molar-refractivity contribution in [3.63, 3.8) is 0 Å². The summed E-state index contributed by atoms with van der Waals surface area (Å²) >= 11 is 0. The van der Waals surface area contributed by atoms with E-state index in [4.69, 9.17) is 0 Å². The van der Waals surface area contributed by atoms with Gasteiger partial charge < -0.3 is 5.32 Å². The molecule has 2 nitrogen and oxygen atoms in total. The Balaban J connectivity index is 3.31. The van der Waals surface area contributed by atoms with Gasteiger partial charge in [-0.15, -0.1) is 0 Å². The van der Waals surface area contributed by atoms with Gasteiger partial charge in [-0.3, -0.25) is 4.79 Å². The van der Waals surface area contributed by atoms with Crippen molar-refractivity contribution in [2.24, 2.45) is 0 Å². The summed E-state index contributed by atoms with van der Waals surface area (Å²) < 4.78 is 0. The summed E-state index contributed by atoms with van der Waals surface area (Å²) in [6.07, 6.45) is 0.959. The molecule has 0 aliphatic rings. The monoisotopic (exact) mass is 261 g/mol. The molecule has 0 atom stereocenters. The van der Waals surface area contributed by atoms with Crippen LogP contribution in [0, 0.1) is 0 Å². The maximum Gasteiger partial charge on any atom is 0.251 e. The van der Waals surface area contributed by atoms with Gasteiger partial charge in [0, 0.05) is 12.1 Å². The molecule has 2 heteroatoms. The predicted octanol–water partition coefficient (Wildman–Crippen LogP) is 4.25. The molecule has 1 rings (SSSR count). The van der Waals surface area contributed by atoms with E-state index in [-0.39, 0.29) is 11.3 Å². The molecule has 1 amide bonds. The van der Waals surface area contributed by atoms with Gasteiger partial charge in [-0.25, -0.2) is 0 Å².